The van der Waals surface area contributed by atoms with Crippen molar-refractivity contribution in [3.8, 4) is 0 Å². The second-order valence-corrected chi connectivity index (χ2v) is 20.8. The van der Waals surface area contributed by atoms with E-state index in [0.29, 0.717) is 45.6 Å². The first kappa shape index (κ1) is 83.7. The summed E-state index contributed by atoms with van der Waals surface area (Å²) in [5.41, 5.74) is -3.39. The molecule has 0 fully saturated rings. The van der Waals surface area contributed by atoms with Crippen LogP contribution in [0.3, 0.4) is 0 Å². The van der Waals surface area contributed by atoms with E-state index in [1.807, 2.05) is 34.6 Å². The Bertz CT molecular complexity index is 1870. The lowest BCUT2D eigenvalue weighted by Crippen LogP contribution is -2.36. The van der Waals surface area contributed by atoms with Crippen molar-refractivity contribution in [3.63, 3.8) is 0 Å². The third-order valence-corrected chi connectivity index (χ3v) is 11.8. The van der Waals surface area contributed by atoms with Crippen molar-refractivity contribution in [2.75, 3.05) is 33.0 Å². The number of ether oxygens (including phenoxy) is 8. The number of rotatable bonds is 24. The van der Waals surface area contributed by atoms with Crippen molar-refractivity contribution in [1.82, 2.24) is 0 Å². The molecule has 0 amide bonds. The molecule has 0 aliphatic heterocycles. The van der Waals surface area contributed by atoms with E-state index >= 15 is 0 Å². The van der Waals surface area contributed by atoms with Crippen LogP contribution in [0, 0.1) is 27.1 Å². The SMILES string of the molecule is CCC(C)(C)C(=O)OC(C)C(F)(F)F.CCC(C)(C)C(=O)OCC(=O)OC(C)C(F)(F)F.CCC(C)(C)C(=O)OCC(=O)OCC(F)(F)F.CCC(CC(=O)OCCC(F)(F)F)OC(=O)C(C)(C)CC.CCOC(=O)C(C)(C)CC. The lowest BCUT2D eigenvalue weighted by atomic mass is 9.90. The number of halogens is 12. The van der Waals surface area contributed by atoms with Gasteiger partial charge in [-0.05, 0) is 129 Å². The average Bonchev–Trinajstić information content (AvgIpc) is 3.33. The highest BCUT2D eigenvalue weighted by atomic mass is 19.4. The van der Waals surface area contributed by atoms with Crippen LogP contribution in [-0.2, 0) is 76.3 Å². The molecule has 0 aliphatic carbocycles. The predicted molar refractivity (Wildman–Crippen MR) is 266 cm³/mol. The van der Waals surface area contributed by atoms with Crippen LogP contribution in [0.1, 0.15) is 183 Å². The summed E-state index contributed by atoms with van der Waals surface area (Å²) in [6.07, 6.45) is -21.2. The van der Waals surface area contributed by atoms with E-state index in [1.54, 1.807) is 83.1 Å². The molecule has 3 atom stereocenters. The standard InChI is InChI=1S/C14H23F3O4.C11H17F3O4.C10H15F3O4.C9H15F3O2.C8H16O2/c1-5-10(21-12(19)13(3,4)6-2)9-11(18)20-8-7-14(15,16)17;1-5-10(3,4)9(16)17-6-8(15)18-7(2)11(12,13)14;1-4-9(2,3)8(15)16-5-7(14)17-6-10(11,12)13;1-5-8(3,4)7(13)14-6(2)9(10,11)12;1-5-8(3,4)7(9)10-6-2/h10H,5-9H2,1-4H3;7H,5-6H2,1-4H3;4-6H2,1-3H3;6H,5H2,1-4H3;5-6H2,1-4H3. The van der Waals surface area contributed by atoms with Crippen LogP contribution in [0.5, 0.6) is 0 Å². The van der Waals surface area contributed by atoms with Crippen molar-refractivity contribution in [2.24, 2.45) is 27.1 Å². The smallest absolute Gasteiger partial charge is 0.425 e. The van der Waals surface area contributed by atoms with Gasteiger partial charge in [-0.1, -0.05) is 41.5 Å². The first-order chi connectivity index (χ1) is 35.8. The van der Waals surface area contributed by atoms with Gasteiger partial charge in [-0.3, -0.25) is 28.8 Å². The highest BCUT2D eigenvalue weighted by Gasteiger charge is 2.42. The van der Waals surface area contributed by atoms with E-state index in [9.17, 15) is 91.0 Å². The second-order valence-electron chi connectivity index (χ2n) is 20.8. The average molecular weight is 1200 g/mol. The van der Waals surface area contributed by atoms with Crippen molar-refractivity contribution in [1.29, 1.82) is 0 Å². The van der Waals surface area contributed by atoms with Crippen LogP contribution in [0.15, 0.2) is 0 Å². The third-order valence-electron chi connectivity index (χ3n) is 11.8. The Morgan fingerprint density at radius 2 is 0.700 bits per heavy atom. The molecule has 474 valence electrons. The molecule has 28 heteroatoms. The van der Waals surface area contributed by atoms with Gasteiger partial charge in [0.2, 0.25) is 0 Å². The molecular weight excluding hydrogens is 1110 g/mol. The van der Waals surface area contributed by atoms with Crippen molar-refractivity contribution in [3.05, 3.63) is 0 Å². The topological polar surface area (TPSA) is 210 Å². The lowest BCUT2D eigenvalue weighted by molar-refractivity contribution is -0.221. The van der Waals surface area contributed by atoms with Gasteiger partial charge >= 0.3 is 72.5 Å². The fourth-order valence-electron chi connectivity index (χ4n) is 3.68. The first-order valence-electron chi connectivity index (χ1n) is 25.5. The molecule has 0 radical (unpaired) electrons. The van der Waals surface area contributed by atoms with E-state index in [-0.39, 0.29) is 17.8 Å². The molecule has 0 aromatic rings. The van der Waals surface area contributed by atoms with E-state index in [4.69, 9.17) is 9.47 Å². The van der Waals surface area contributed by atoms with Gasteiger partial charge in [0.1, 0.15) is 6.10 Å². The lowest BCUT2D eigenvalue weighted by Gasteiger charge is -2.24. The fourth-order valence-corrected chi connectivity index (χ4v) is 3.68. The summed E-state index contributed by atoms with van der Waals surface area (Å²) in [5.74, 6) is -5.89. The highest BCUT2D eigenvalue weighted by molar-refractivity contribution is 5.81. The molecule has 0 aliphatic rings. The minimum absolute atomic E-state index is 0.0995. The summed E-state index contributed by atoms with van der Waals surface area (Å²) >= 11 is 0. The van der Waals surface area contributed by atoms with E-state index < -0.39 is 139 Å². The quantitative estimate of drug-likeness (QED) is 0.0500. The Kier molecular flexibility index (Phi) is 38.8. The number of carbonyl (C=O) groups excluding carboxylic acids is 8. The maximum atomic E-state index is 12.1. The molecule has 3 unspecified atom stereocenters. The summed E-state index contributed by atoms with van der Waals surface area (Å²) in [7, 11) is 0. The zero-order valence-corrected chi connectivity index (χ0v) is 49.5. The monoisotopic (exact) mass is 1190 g/mol. The minimum atomic E-state index is -4.62. The predicted octanol–water partition coefficient (Wildman–Crippen LogP) is 13.1. The van der Waals surface area contributed by atoms with E-state index in [2.05, 4.69) is 28.4 Å². The van der Waals surface area contributed by atoms with Crippen LogP contribution < -0.4 is 0 Å². The van der Waals surface area contributed by atoms with Crippen molar-refractivity contribution >= 4 is 47.8 Å². The van der Waals surface area contributed by atoms with Gasteiger partial charge in [-0.25, -0.2) is 9.59 Å². The van der Waals surface area contributed by atoms with Gasteiger partial charge in [0.15, 0.2) is 32.0 Å². The number of alkyl halides is 12. The van der Waals surface area contributed by atoms with Gasteiger partial charge in [-0.2, -0.15) is 52.7 Å². The van der Waals surface area contributed by atoms with E-state index in [1.165, 1.54) is 0 Å². The Labute approximate surface area is 462 Å². The summed E-state index contributed by atoms with van der Waals surface area (Å²) in [5, 5.41) is 0. The van der Waals surface area contributed by atoms with E-state index in [0.717, 1.165) is 13.3 Å². The van der Waals surface area contributed by atoms with Gasteiger partial charge < -0.3 is 37.9 Å². The maximum absolute atomic E-state index is 12.1. The summed E-state index contributed by atoms with van der Waals surface area (Å²) in [6.45, 7) is 27.4. The van der Waals surface area contributed by atoms with Crippen LogP contribution in [-0.4, -0.2) is 124 Å². The highest BCUT2D eigenvalue weighted by Crippen LogP contribution is 2.29. The second kappa shape index (κ2) is 37.1. The molecular formula is C52H86F12O16. The maximum Gasteiger partial charge on any atom is 0.425 e. The van der Waals surface area contributed by atoms with Gasteiger partial charge in [0, 0.05) is 0 Å². The molecule has 0 heterocycles. The molecule has 0 aromatic carbocycles. The Morgan fingerprint density at radius 3 is 1.01 bits per heavy atom. The number of esters is 8. The number of carbonyl (C=O) groups is 8. The number of hydrogen-bond acceptors (Lipinski definition) is 16. The van der Waals surface area contributed by atoms with Gasteiger partial charge in [0.05, 0.1) is 53.1 Å². The zero-order valence-electron chi connectivity index (χ0n) is 49.5. The Balaban J connectivity index is -0.000000298. The zero-order chi connectivity index (χ0) is 64.7. The molecule has 0 spiro atoms. The van der Waals surface area contributed by atoms with Crippen molar-refractivity contribution in [2.45, 2.75) is 226 Å². The molecule has 0 saturated heterocycles. The normalized spacial score (nSPS) is 13.3. The Hall–Kier alpha value is -5.08. The first-order valence-corrected chi connectivity index (χ1v) is 25.5. The summed E-state index contributed by atoms with van der Waals surface area (Å²) in [4.78, 5) is 90.2. The van der Waals surface area contributed by atoms with Crippen LogP contribution >= 0.6 is 0 Å². The van der Waals surface area contributed by atoms with Gasteiger partial charge in [-0.15, -0.1) is 0 Å². The van der Waals surface area contributed by atoms with Crippen LogP contribution in [0.4, 0.5) is 52.7 Å². The minimum Gasteiger partial charge on any atom is -0.466 e. The summed E-state index contributed by atoms with van der Waals surface area (Å²) < 4.78 is 179. The number of hydrogen-bond donors (Lipinski definition) is 0. The van der Waals surface area contributed by atoms with Gasteiger partial charge in [0.25, 0.3) is 0 Å². The largest absolute Gasteiger partial charge is 0.466 e. The molecule has 0 saturated carbocycles. The Morgan fingerprint density at radius 1 is 0.375 bits per heavy atom. The molecule has 80 heavy (non-hydrogen) atoms. The van der Waals surface area contributed by atoms with Crippen molar-refractivity contribution < 1.29 is 129 Å². The van der Waals surface area contributed by atoms with Crippen LogP contribution in [0.25, 0.3) is 0 Å². The fraction of sp³-hybridized carbons (Fsp3) is 0.846. The van der Waals surface area contributed by atoms with Crippen LogP contribution in [0.2, 0.25) is 0 Å². The molecule has 0 N–H and O–H groups in total. The summed E-state index contributed by atoms with van der Waals surface area (Å²) in [6, 6.07) is 0. The molecule has 0 rings (SSSR count). The molecule has 0 aromatic heterocycles. The molecule has 0 bridgehead atoms. The third kappa shape index (κ3) is 41.0. The molecule has 16 nitrogen and oxygen atoms in total.